The van der Waals surface area contributed by atoms with Gasteiger partial charge in [-0.2, -0.15) is 0 Å². The van der Waals surface area contributed by atoms with Crippen LogP contribution >= 0.6 is 0 Å². The lowest BCUT2D eigenvalue weighted by Gasteiger charge is -2.53. The Kier molecular flexibility index (Phi) is 30.9. The Labute approximate surface area is 407 Å². The smallest absolute Gasteiger partial charge is 0.112 e. The van der Waals surface area contributed by atoms with E-state index in [1.165, 1.54) is 19.6 Å². The first kappa shape index (κ1) is 68.2. The average Bonchev–Trinajstić information content (AvgIpc) is 3.05. The molecule has 0 heterocycles. The number of rotatable bonds is 26. The number of hydrogen-bond acceptors (Lipinski definition) is 9. The summed E-state index contributed by atoms with van der Waals surface area (Å²) in [6, 6.07) is 2.20. The normalized spacial score (nSPS) is 14.8. The Morgan fingerprint density at radius 2 is 0.508 bits per heavy atom. The lowest BCUT2D eigenvalue weighted by molar-refractivity contribution is -0.0385. The summed E-state index contributed by atoms with van der Waals surface area (Å²) in [5.41, 5.74) is 0. The summed E-state index contributed by atoms with van der Waals surface area (Å²) in [5, 5.41) is 0. The number of hydrogen-bond donors (Lipinski definition) is 0. The highest BCUT2D eigenvalue weighted by molar-refractivity contribution is 6.90. The Balaban J connectivity index is -0.000000870. The van der Waals surface area contributed by atoms with Gasteiger partial charge in [0.15, 0.2) is 0 Å². The summed E-state index contributed by atoms with van der Waals surface area (Å²) in [6.07, 6.45) is 1.54. The van der Waals surface area contributed by atoms with E-state index in [-0.39, 0.29) is 0 Å². The second-order valence-corrected chi connectivity index (χ2v) is 56.5. The van der Waals surface area contributed by atoms with E-state index in [0.717, 1.165) is 26.2 Å². The molecule has 0 aliphatic rings. The van der Waals surface area contributed by atoms with E-state index >= 15 is 0 Å². The topological polar surface area (TPSA) is 29.2 Å². The minimum atomic E-state index is -1.37. The largest absolute Gasteiger partial charge is 0.343 e. The molecule has 0 aliphatic heterocycles. The van der Waals surface area contributed by atoms with Crippen molar-refractivity contribution >= 4 is 49.4 Å². The van der Waals surface area contributed by atoms with Crippen LogP contribution in [0.2, 0.25) is 118 Å². The summed E-state index contributed by atoms with van der Waals surface area (Å²) in [7, 11) is 1.15. The molecule has 0 N–H and O–H groups in total. The molecule has 0 aromatic carbocycles. The molecule has 15 heteroatoms. The van der Waals surface area contributed by atoms with Crippen LogP contribution < -0.4 is 0 Å². The minimum Gasteiger partial charge on any atom is -0.343 e. The van der Waals surface area contributed by atoms with Crippen molar-refractivity contribution in [1.82, 2.24) is 42.1 Å². The van der Waals surface area contributed by atoms with Crippen LogP contribution in [-0.2, 0) is 0 Å². The predicted octanol–water partition coefficient (Wildman–Crippen LogP) is 11.9. The summed E-state index contributed by atoms with van der Waals surface area (Å²) >= 11 is 0. The van der Waals surface area contributed by atoms with E-state index < -0.39 is 49.4 Å². The van der Waals surface area contributed by atoms with Crippen molar-refractivity contribution in [3.63, 3.8) is 0 Å². The van der Waals surface area contributed by atoms with E-state index in [9.17, 15) is 0 Å². The van der Waals surface area contributed by atoms with Gasteiger partial charge in [-0.1, -0.05) is 146 Å². The fourth-order valence-electron chi connectivity index (χ4n) is 10.4. The number of likely N-dealkylation sites (N-methyl/N-ethyl adjacent to an activating group) is 4. The predicted molar refractivity (Wildman–Crippen MR) is 309 cm³/mol. The third-order valence-electron chi connectivity index (χ3n) is 12.8. The maximum Gasteiger partial charge on any atom is 0.112 e. The zero-order valence-electron chi connectivity index (χ0n) is 50.0. The van der Waals surface area contributed by atoms with Crippen LogP contribution in [0.4, 0.5) is 0 Å². The van der Waals surface area contributed by atoms with Crippen molar-refractivity contribution in [1.29, 1.82) is 0 Å². The second kappa shape index (κ2) is 28.6. The minimum absolute atomic E-state index is 0.471. The molecule has 63 heavy (non-hydrogen) atoms. The molecule has 0 fully saturated rings. The van der Waals surface area contributed by atoms with Gasteiger partial charge in [0.05, 0.1) is 18.5 Å². The van der Waals surface area contributed by atoms with Crippen molar-refractivity contribution in [2.75, 3.05) is 74.0 Å². The third kappa shape index (κ3) is 24.9. The molecule has 0 saturated carbocycles. The van der Waals surface area contributed by atoms with Gasteiger partial charge in [0.1, 0.15) is 49.4 Å². The van der Waals surface area contributed by atoms with Crippen LogP contribution in [0.3, 0.4) is 0 Å². The van der Waals surface area contributed by atoms with Gasteiger partial charge in [0, 0.05) is 43.8 Å². The molecular formula is C48H123N9Si6. The summed E-state index contributed by atoms with van der Waals surface area (Å²) in [5.74, 6) is 0. The van der Waals surface area contributed by atoms with Crippen LogP contribution in [0.1, 0.15) is 83.1 Å². The van der Waals surface area contributed by atoms with Crippen LogP contribution in [0.5, 0.6) is 0 Å². The monoisotopic (exact) mass is 994 g/mol. The third-order valence-corrected chi connectivity index (χ3v) is 35.7. The summed E-state index contributed by atoms with van der Waals surface area (Å²) in [4.78, 5) is 15.4. The highest BCUT2D eigenvalue weighted by Gasteiger charge is 2.42. The molecule has 1 atom stereocenters. The molecule has 0 radical (unpaired) electrons. The second-order valence-electron chi connectivity index (χ2n) is 25.9. The van der Waals surface area contributed by atoms with Crippen LogP contribution in [0.15, 0.2) is 0 Å². The fourth-order valence-corrected chi connectivity index (χ4v) is 38.8. The van der Waals surface area contributed by atoms with Crippen LogP contribution in [0, 0.1) is 0 Å². The maximum atomic E-state index is 2.96. The van der Waals surface area contributed by atoms with Gasteiger partial charge in [-0.25, -0.2) is 0 Å². The zero-order valence-corrected chi connectivity index (χ0v) is 56.0. The van der Waals surface area contributed by atoms with E-state index in [4.69, 9.17) is 0 Å². The first-order valence-electron chi connectivity index (χ1n) is 25.6. The molecule has 0 bridgehead atoms. The van der Waals surface area contributed by atoms with Crippen molar-refractivity contribution in [2.24, 2.45) is 0 Å². The fraction of sp³-hybridized carbons (Fsp3) is 1.00. The Morgan fingerprint density at radius 3 is 0.667 bits per heavy atom. The molecule has 0 aromatic heterocycles. The lowest BCUT2D eigenvalue weighted by Crippen LogP contribution is -2.68. The van der Waals surface area contributed by atoms with Gasteiger partial charge in [0.25, 0.3) is 0 Å². The zero-order chi connectivity index (χ0) is 51.2. The molecule has 0 aromatic rings. The molecule has 9 nitrogen and oxygen atoms in total. The first-order valence-corrected chi connectivity index (χ1v) is 46.3. The maximum absolute atomic E-state index is 2.96. The van der Waals surface area contributed by atoms with Gasteiger partial charge < -0.3 is 12.7 Å². The Hall–Kier alpha value is 0.941. The van der Waals surface area contributed by atoms with Crippen LogP contribution in [0.25, 0.3) is 0 Å². The lowest BCUT2D eigenvalue weighted by atomic mass is 10.1. The molecule has 384 valence electrons. The highest BCUT2D eigenvalue weighted by Crippen LogP contribution is 2.27. The molecule has 0 amide bonds. The highest BCUT2D eigenvalue weighted by atomic mass is 28.4. The van der Waals surface area contributed by atoms with E-state index in [1.807, 2.05) is 0 Å². The van der Waals surface area contributed by atoms with Gasteiger partial charge >= 0.3 is 0 Å². The Bertz CT molecular complexity index is 1060. The van der Waals surface area contributed by atoms with Gasteiger partial charge in [-0.15, -0.1) is 0 Å². The van der Waals surface area contributed by atoms with Gasteiger partial charge in [-0.3, -0.25) is 29.4 Å². The van der Waals surface area contributed by atoms with E-state index in [2.05, 4.69) is 271 Å². The van der Waals surface area contributed by atoms with Gasteiger partial charge in [0.2, 0.25) is 0 Å². The quantitative estimate of drug-likeness (QED) is 0.0621. The Morgan fingerprint density at radius 1 is 0.302 bits per heavy atom. The first-order chi connectivity index (χ1) is 27.9. The summed E-state index contributed by atoms with van der Waals surface area (Å²) in [6.45, 7) is 80.9. The molecule has 0 saturated heterocycles. The standard InChI is InChI=1S/C20H49N3Si2.2C14H37N3Si2/c1-16(2)22(17(3)4)20(23(18(5)6)19(7)8)15-21(24(9,10)11)25(12,13)14;1-11-15(3)14(16(4)12-2)13-17(18(5,6)7)19(8,9)10;1-11-16(12-2)14(15(3)4)13-17(18(5,6)7)19(8,9)10/h16-20H,15H2,1-14H3;2*14H,11-13H2,1-10H3. The molecule has 0 spiro atoms. The molecule has 0 rings (SSSR count). The summed E-state index contributed by atoms with van der Waals surface area (Å²) < 4.78 is 8.74. The van der Waals surface area contributed by atoms with Gasteiger partial charge in [-0.05, 0) is 110 Å². The van der Waals surface area contributed by atoms with Crippen molar-refractivity contribution in [3.8, 4) is 0 Å². The molecule has 0 aliphatic carbocycles. The number of nitrogens with zero attached hydrogens (tertiary/aromatic N) is 9. The average molecular weight is 995 g/mol. The SMILES string of the molecule is CC(C)N(C(C)C)C(CN([Si](C)(C)C)[Si](C)(C)C)N(C(C)C)C(C)C.CCN(C)C(CN([Si](C)(C)C)[Si](C)(C)C)N(C)CC.CCN(CC)C(CN([Si](C)(C)C)[Si](C)(C)C)N(C)C. The van der Waals surface area contributed by atoms with E-state index in [0.29, 0.717) is 42.7 Å². The van der Waals surface area contributed by atoms with Crippen LogP contribution in [-0.4, -0.2) is 208 Å². The van der Waals surface area contributed by atoms with E-state index in [1.54, 1.807) is 0 Å². The molecular weight excluding hydrogens is 871 g/mol. The molecule has 1 unspecified atom stereocenters. The van der Waals surface area contributed by atoms with Crippen molar-refractivity contribution < 1.29 is 0 Å². The van der Waals surface area contributed by atoms with Crippen molar-refractivity contribution in [3.05, 3.63) is 0 Å². The van der Waals surface area contributed by atoms with Crippen molar-refractivity contribution in [2.45, 2.75) is 244 Å².